The third-order valence-corrected chi connectivity index (χ3v) is 8.38. The number of hydrogen-bond acceptors (Lipinski definition) is 2. The highest BCUT2D eigenvalue weighted by Crippen LogP contribution is 2.63. The molecule has 1 N–H and O–H groups in total. The van der Waals surface area contributed by atoms with Crippen LogP contribution < -0.4 is 0 Å². The van der Waals surface area contributed by atoms with Crippen LogP contribution in [-0.2, 0) is 23.8 Å². The summed E-state index contributed by atoms with van der Waals surface area (Å²) in [5, 5.41) is 8.97. The van der Waals surface area contributed by atoms with E-state index in [-0.39, 0.29) is 11.8 Å². The number of carboxylic acid groups (broad SMARTS) is 1. The fourth-order valence-corrected chi connectivity index (χ4v) is 6.80. The number of carboxylic acids is 1. The number of aliphatic carboxylic acids is 1. The molecule has 0 spiro atoms. The molecule has 2 aromatic rings. The van der Waals surface area contributed by atoms with Crippen LogP contribution in [0.1, 0.15) is 72.8 Å². The number of fused-ring (bicyclic) bond motifs is 5. The van der Waals surface area contributed by atoms with Crippen molar-refractivity contribution in [1.82, 2.24) is 4.98 Å². The van der Waals surface area contributed by atoms with Gasteiger partial charge >= 0.3 is 12.1 Å². The predicted molar refractivity (Wildman–Crippen MR) is 120 cm³/mol. The van der Waals surface area contributed by atoms with Crippen molar-refractivity contribution in [3.05, 3.63) is 70.6 Å². The summed E-state index contributed by atoms with van der Waals surface area (Å²) in [6, 6.07) is 7.72. The van der Waals surface area contributed by atoms with E-state index in [1.807, 2.05) is 0 Å². The molecule has 1 aromatic heterocycles. The Morgan fingerprint density at radius 3 is 2.79 bits per heavy atom. The van der Waals surface area contributed by atoms with Crippen LogP contribution in [0.2, 0.25) is 0 Å². The summed E-state index contributed by atoms with van der Waals surface area (Å²) < 4.78 is 39.8. The zero-order valence-electron chi connectivity index (χ0n) is 18.7. The molecule has 0 unspecified atom stereocenters. The Hall–Kier alpha value is -2.63. The van der Waals surface area contributed by atoms with Gasteiger partial charge < -0.3 is 5.11 Å². The molecule has 0 saturated heterocycles. The van der Waals surface area contributed by atoms with E-state index in [9.17, 15) is 18.0 Å². The van der Waals surface area contributed by atoms with Gasteiger partial charge in [0.15, 0.2) is 0 Å². The summed E-state index contributed by atoms with van der Waals surface area (Å²) in [5.41, 5.74) is 4.62. The van der Waals surface area contributed by atoms with Crippen molar-refractivity contribution in [3.63, 3.8) is 0 Å². The second kappa shape index (κ2) is 8.00. The topological polar surface area (TPSA) is 50.2 Å². The number of aryl methyl sites for hydroxylation is 2. The molecule has 3 aliphatic carbocycles. The number of pyridine rings is 1. The van der Waals surface area contributed by atoms with Crippen molar-refractivity contribution in [2.45, 2.75) is 64.0 Å². The number of hydrogen-bond donors (Lipinski definition) is 1. The summed E-state index contributed by atoms with van der Waals surface area (Å²) in [6.45, 7) is 2.23. The maximum Gasteiger partial charge on any atom is 0.417 e. The van der Waals surface area contributed by atoms with E-state index < -0.39 is 17.7 Å². The average Bonchev–Trinajstić information content (AvgIpc) is 3.14. The Morgan fingerprint density at radius 2 is 2.03 bits per heavy atom. The molecule has 3 aliphatic rings. The van der Waals surface area contributed by atoms with Gasteiger partial charge in [-0.1, -0.05) is 31.2 Å². The maximum absolute atomic E-state index is 13.3. The molecule has 5 rings (SSSR count). The van der Waals surface area contributed by atoms with E-state index in [2.05, 4.69) is 36.2 Å². The largest absolute Gasteiger partial charge is 0.481 e. The van der Waals surface area contributed by atoms with E-state index in [1.54, 1.807) is 6.20 Å². The fraction of sp³-hybridized carbons (Fsp3) is 0.481. The average molecular weight is 456 g/mol. The Morgan fingerprint density at radius 1 is 1.21 bits per heavy atom. The summed E-state index contributed by atoms with van der Waals surface area (Å²) in [6.07, 6.45) is 5.85. The van der Waals surface area contributed by atoms with Crippen LogP contribution in [0.25, 0.3) is 5.57 Å². The summed E-state index contributed by atoms with van der Waals surface area (Å²) in [7, 11) is 0. The van der Waals surface area contributed by atoms with Gasteiger partial charge in [0.1, 0.15) is 0 Å². The molecule has 1 saturated carbocycles. The Balaban J connectivity index is 1.39. The van der Waals surface area contributed by atoms with Gasteiger partial charge in [-0.15, -0.1) is 0 Å². The Kier molecular flexibility index (Phi) is 5.37. The van der Waals surface area contributed by atoms with E-state index in [1.165, 1.54) is 17.2 Å². The third-order valence-electron chi connectivity index (χ3n) is 8.38. The minimum atomic E-state index is -4.39. The van der Waals surface area contributed by atoms with E-state index >= 15 is 0 Å². The van der Waals surface area contributed by atoms with Crippen LogP contribution in [0.15, 0.2) is 42.7 Å². The van der Waals surface area contributed by atoms with Crippen molar-refractivity contribution >= 4 is 11.5 Å². The van der Waals surface area contributed by atoms with Gasteiger partial charge in [-0.25, -0.2) is 0 Å². The Labute approximate surface area is 191 Å². The number of halogens is 3. The van der Waals surface area contributed by atoms with Crippen molar-refractivity contribution in [2.75, 3.05) is 0 Å². The van der Waals surface area contributed by atoms with Gasteiger partial charge in [0.25, 0.3) is 0 Å². The number of alkyl halides is 3. The summed E-state index contributed by atoms with van der Waals surface area (Å²) in [4.78, 5) is 14.8. The lowest BCUT2D eigenvalue weighted by molar-refractivity contribution is -0.138. The van der Waals surface area contributed by atoms with E-state index in [4.69, 9.17) is 5.11 Å². The molecule has 0 bridgehead atoms. The highest BCUT2D eigenvalue weighted by atomic mass is 19.4. The zero-order chi connectivity index (χ0) is 23.4. The molecule has 33 heavy (non-hydrogen) atoms. The van der Waals surface area contributed by atoms with Gasteiger partial charge in [-0.3, -0.25) is 9.78 Å². The fourth-order valence-electron chi connectivity index (χ4n) is 6.80. The molecule has 174 valence electrons. The molecule has 1 fully saturated rings. The zero-order valence-corrected chi connectivity index (χ0v) is 18.7. The lowest BCUT2D eigenvalue weighted by Crippen LogP contribution is -2.41. The molecule has 0 amide bonds. The van der Waals surface area contributed by atoms with Gasteiger partial charge in [0.05, 0.1) is 5.56 Å². The molecule has 6 heteroatoms. The summed E-state index contributed by atoms with van der Waals surface area (Å²) >= 11 is 0. The quantitative estimate of drug-likeness (QED) is 0.560. The van der Waals surface area contributed by atoms with Crippen molar-refractivity contribution in [3.8, 4) is 0 Å². The van der Waals surface area contributed by atoms with E-state index in [0.29, 0.717) is 29.7 Å². The highest BCUT2D eigenvalue weighted by molar-refractivity contribution is 5.73. The number of aromatic nitrogens is 1. The van der Waals surface area contributed by atoms with E-state index in [0.717, 1.165) is 49.4 Å². The molecule has 4 atom stereocenters. The van der Waals surface area contributed by atoms with Crippen LogP contribution in [0.5, 0.6) is 0 Å². The van der Waals surface area contributed by atoms with Crippen LogP contribution in [-0.4, -0.2) is 16.1 Å². The second-order valence-electron chi connectivity index (χ2n) is 10.1. The smallest absolute Gasteiger partial charge is 0.417 e. The lowest BCUT2D eigenvalue weighted by Gasteiger charge is -2.50. The molecule has 0 radical (unpaired) electrons. The monoisotopic (exact) mass is 455 g/mol. The minimum absolute atomic E-state index is 0.133. The van der Waals surface area contributed by atoms with Gasteiger partial charge in [-0.05, 0) is 95.6 Å². The van der Waals surface area contributed by atoms with Crippen molar-refractivity contribution < 1.29 is 23.1 Å². The number of carbonyl (C=O) groups is 1. The number of benzene rings is 1. The first kappa shape index (κ1) is 22.2. The minimum Gasteiger partial charge on any atom is -0.481 e. The SMILES string of the molecule is C[C@]12CC[C@@H]3c4ccc(CCC(=O)O)cc4CC[C@H]3[C@@H]1CC=C2c1cncc(C(F)(F)F)c1. The third kappa shape index (κ3) is 3.87. The van der Waals surface area contributed by atoms with Gasteiger partial charge in [0.2, 0.25) is 0 Å². The summed E-state index contributed by atoms with van der Waals surface area (Å²) in [5.74, 6) is 0.613. The first-order chi connectivity index (χ1) is 15.7. The molecular weight excluding hydrogens is 427 g/mol. The standard InChI is InChI=1S/C27H28F3NO2/c1-26-11-10-21-20-5-2-16(3-9-25(32)33)12-17(20)4-6-22(21)24(26)8-7-23(26)18-13-19(15-31-14-18)27(28,29)30/h2,5,7,12-15,21-22,24H,3-4,6,8-11H2,1H3,(H,32,33)/t21-,22-,24+,26-/m1/s1. The molecule has 0 aliphatic heterocycles. The first-order valence-electron chi connectivity index (χ1n) is 11.7. The Bertz CT molecular complexity index is 1120. The second-order valence-corrected chi connectivity index (χ2v) is 10.1. The highest BCUT2D eigenvalue weighted by Gasteiger charge is 2.52. The van der Waals surface area contributed by atoms with Crippen LogP contribution in [0.4, 0.5) is 13.2 Å². The number of allylic oxidation sites excluding steroid dienone is 2. The molecule has 3 nitrogen and oxygen atoms in total. The van der Waals surface area contributed by atoms with Gasteiger partial charge in [0, 0.05) is 18.8 Å². The van der Waals surface area contributed by atoms with Crippen molar-refractivity contribution in [1.29, 1.82) is 0 Å². The molecular formula is C27H28F3NO2. The lowest BCUT2D eigenvalue weighted by atomic mass is 9.54. The van der Waals surface area contributed by atoms with Gasteiger partial charge in [-0.2, -0.15) is 13.2 Å². The first-order valence-corrected chi connectivity index (χ1v) is 11.7. The van der Waals surface area contributed by atoms with Crippen LogP contribution in [0.3, 0.4) is 0 Å². The van der Waals surface area contributed by atoms with Crippen LogP contribution in [0, 0.1) is 17.3 Å². The van der Waals surface area contributed by atoms with Crippen LogP contribution >= 0.6 is 0 Å². The molecule has 1 heterocycles. The predicted octanol–water partition coefficient (Wildman–Crippen LogP) is 6.67. The molecule has 1 aromatic carbocycles. The van der Waals surface area contributed by atoms with Crippen molar-refractivity contribution in [2.24, 2.45) is 17.3 Å². The number of rotatable bonds is 4. The number of nitrogens with zero attached hydrogens (tertiary/aromatic N) is 1. The normalized spacial score (nSPS) is 28.5. The maximum atomic E-state index is 13.3.